The van der Waals surface area contributed by atoms with Gasteiger partial charge in [0.25, 0.3) is 0 Å². The van der Waals surface area contributed by atoms with Gasteiger partial charge in [0.2, 0.25) is 7.37 Å². The lowest BCUT2D eigenvalue weighted by molar-refractivity contribution is 0.338. The van der Waals surface area contributed by atoms with Crippen molar-refractivity contribution in [3.8, 4) is 0 Å². The summed E-state index contributed by atoms with van der Waals surface area (Å²) in [4.78, 5) is 0. The Balaban J connectivity index is 3.58. The highest BCUT2D eigenvalue weighted by molar-refractivity contribution is 7.58. The van der Waals surface area contributed by atoms with E-state index in [0.717, 1.165) is 0 Å². The van der Waals surface area contributed by atoms with Gasteiger partial charge < -0.3 is 4.52 Å². The molecule has 0 aromatic rings. The first kappa shape index (κ1) is 9.48. The third-order valence-electron chi connectivity index (χ3n) is 0.893. The lowest BCUT2D eigenvalue weighted by Crippen LogP contribution is -1.93. The van der Waals surface area contributed by atoms with Gasteiger partial charge in [-0.15, -0.1) is 11.6 Å². The van der Waals surface area contributed by atoms with Crippen LogP contribution in [0.5, 0.6) is 0 Å². The average molecular weight is 171 g/mol. The van der Waals surface area contributed by atoms with E-state index in [9.17, 15) is 4.57 Å². The van der Waals surface area contributed by atoms with Gasteiger partial charge in [0, 0.05) is 18.7 Å². The molecular formula is C5H12ClO2P. The maximum Gasteiger partial charge on any atom is 0.201 e. The minimum atomic E-state index is -2.32. The molecule has 56 valence electrons. The largest absolute Gasteiger partial charge is 0.329 e. The van der Waals surface area contributed by atoms with E-state index in [4.69, 9.17) is 16.1 Å². The second-order valence-corrected chi connectivity index (χ2v) is 4.96. The molecule has 1 atom stereocenters. The smallest absolute Gasteiger partial charge is 0.201 e. The first-order chi connectivity index (χ1) is 4.12. The molecule has 1 unspecified atom stereocenters. The molecule has 0 bridgehead atoms. The van der Waals surface area contributed by atoms with Crippen molar-refractivity contribution in [3.63, 3.8) is 0 Å². The monoisotopic (exact) mass is 170 g/mol. The number of hydrogen-bond donors (Lipinski definition) is 0. The van der Waals surface area contributed by atoms with Gasteiger partial charge in [0.15, 0.2) is 0 Å². The van der Waals surface area contributed by atoms with E-state index < -0.39 is 7.37 Å². The molecule has 0 aromatic heterocycles. The summed E-state index contributed by atoms with van der Waals surface area (Å²) in [5.74, 6) is 0.410. The highest BCUT2D eigenvalue weighted by Gasteiger charge is 2.12. The van der Waals surface area contributed by atoms with Gasteiger partial charge in [-0.3, -0.25) is 4.57 Å². The van der Waals surface area contributed by atoms with Crippen molar-refractivity contribution < 1.29 is 9.09 Å². The number of rotatable bonds is 4. The fourth-order valence-electron chi connectivity index (χ4n) is 0.491. The van der Waals surface area contributed by atoms with Gasteiger partial charge in [0.05, 0.1) is 6.61 Å². The minimum absolute atomic E-state index is 0.410. The summed E-state index contributed by atoms with van der Waals surface area (Å²) in [5, 5.41) is 0. The predicted molar refractivity (Wildman–Crippen MR) is 40.7 cm³/mol. The number of alkyl halides is 1. The van der Waals surface area contributed by atoms with Crippen LogP contribution in [-0.2, 0) is 9.09 Å². The zero-order valence-corrected chi connectivity index (χ0v) is 7.41. The predicted octanol–water partition coefficient (Wildman–Crippen LogP) is 2.17. The van der Waals surface area contributed by atoms with Gasteiger partial charge in [-0.05, 0) is 6.92 Å². The summed E-state index contributed by atoms with van der Waals surface area (Å²) in [5.41, 5.74) is 0. The lowest BCUT2D eigenvalue weighted by Gasteiger charge is -2.09. The molecule has 0 aromatic carbocycles. The molecule has 0 saturated heterocycles. The molecule has 0 fully saturated rings. The normalized spacial score (nSPS) is 17.2. The Morgan fingerprint density at radius 3 is 2.56 bits per heavy atom. The van der Waals surface area contributed by atoms with Gasteiger partial charge in [-0.2, -0.15) is 0 Å². The summed E-state index contributed by atoms with van der Waals surface area (Å²) in [7, 11) is -2.32. The highest BCUT2D eigenvalue weighted by Crippen LogP contribution is 2.41. The van der Waals surface area contributed by atoms with E-state index in [-0.39, 0.29) is 0 Å². The highest BCUT2D eigenvalue weighted by atomic mass is 35.5. The van der Waals surface area contributed by atoms with Gasteiger partial charge >= 0.3 is 0 Å². The van der Waals surface area contributed by atoms with Gasteiger partial charge in [-0.1, -0.05) is 0 Å². The summed E-state index contributed by atoms with van der Waals surface area (Å²) in [6.07, 6.45) is 0.475. The summed E-state index contributed by atoms with van der Waals surface area (Å²) in [6, 6.07) is 0. The Morgan fingerprint density at radius 1 is 1.67 bits per heavy atom. The average Bonchev–Trinajstić information content (AvgIpc) is 1.64. The van der Waals surface area contributed by atoms with E-state index in [0.29, 0.717) is 18.6 Å². The van der Waals surface area contributed by atoms with E-state index in [1.807, 2.05) is 6.92 Å². The van der Waals surface area contributed by atoms with Crippen molar-refractivity contribution in [2.75, 3.05) is 25.3 Å². The first-order valence-corrected chi connectivity index (χ1v) is 5.68. The van der Waals surface area contributed by atoms with Crippen LogP contribution in [0.15, 0.2) is 0 Å². The van der Waals surface area contributed by atoms with Crippen LogP contribution in [0.1, 0.15) is 6.92 Å². The van der Waals surface area contributed by atoms with Crippen LogP contribution in [0.25, 0.3) is 0 Å². The first-order valence-electron chi connectivity index (χ1n) is 2.89. The van der Waals surface area contributed by atoms with E-state index in [1.165, 1.54) is 0 Å². The van der Waals surface area contributed by atoms with Crippen LogP contribution < -0.4 is 0 Å². The standard InChI is InChI=1S/C5H12ClO2P/c1-3-8-9(2,7)5-4-6/h3-5H2,1-2H3. The zero-order valence-electron chi connectivity index (χ0n) is 5.76. The van der Waals surface area contributed by atoms with Crippen LogP contribution in [0.2, 0.25) is 0 Å². The van der Waals surface area contributed by atoms with Crippen molar-refractivity contribution in [1.29, 1.82) is 0 Å². The molecule has 0 aliphatic rings. The van der Waals surface area contributed by atoms with Crippen LogP contribution in [0, 0.1) is 0 Å². The van der Waals surface area contributed by atoms with Crippen LogP contribution in [0.3, 0.4) is 0 Å². The molecule has 4 heteroatoms. The Labute approximate surface area is 61.0 Å². The van der Waals surface area contributed by atoms with Gasteiger partial charge in [-0.25, -0.2) is 0 Å². The molecule has 0 saturated carbocycles. The molecule has 0 aliphatic carbocycles. The molecule has 0 amide bonds. The lowest BCUT2D eigenvalue weighted by atomic mass is 10.9. The van der Waals surface area contributed by atoms with Crippen LogP contribution in [-0.4, -0.2) is 25.3 Å². The molecule has 0 heterocycles. The fraction of sp³-hybridized carbons (Fsp3) is 1.00. The molecule has 0 rings (SSSR count). The number of hydrogen-bond acceptors (Lipinski definition) is 2. The molecule has 0 aliphatic heterocycles. The Bertz CT molecular complexity index is 106. The van der Waals surface area contributed by atoms with E-state index in [2.05, 4.69) is 0 Å². The molecule has 0 spiro atoms. The minimum Gasteiger partial charge on any atom is -0.329 e. The molecule has 0 radical (unpaired) electrons. The van der Waals surface area contributed by atoms with Crippen molar-refractivity contribution in [3.05, 3.63) is 0 Å². The van der Waals surface area contributed by atoms with Crippen LogP contribution in [0.4, 0.5) is 0 Å². The molecule has 9 heavy (non-hydrogen) atoms. The zero-order chi connectivity index (χ0) is 7.33. The third kappa shape index (κ3) is 4.95. The van der Waals surface area contributed by atoms with Crippen molar-refractivity contribution >= 4 is 19.0 Å². The Morgan fingerprint density at radius 2 is 2.22 bits per heavy atom. The van der Waals surface area contributed by atoms with Crippen LogP contribution >= 0.6 is 19.0 Å². The van der Waals surface area contributed by atoms with Gasteiger partial charge in [0.1, 0.15) is 0 Å². The summed E-state index contributed by atoms with van der Waals surface area (Å²) >= 11 is 5.37. The molecular weight excluding hydrogens is 158 g/mol. The topological polar surface area (TPSA) is 26.3 Å². The second kappa shape index (κ2) is 4.32. The molecule has 0 N–H and O–H groups in total. The SMILES string of the molecule is CCOP(C)(=O)CCCl. The Hall–Kier alpha value is 0.480. The van der Waals surface area contributed by atoms with E-state index in [1.54, 1.807) is 6.66 Å². The summed E-state index contributed by atoms with van der Waals surface area (Å²) in [6.45, 7) is 3.94. The Kier molecular flexibility index (Phi) is 4.55. The fourth-order valence-corrected chi connectivity index (χ4v) is 2.39. The maximum atomic E-state index is 11.1. The quantitative estimate of drug-likeness (QED) is 0.478. The third-order valence-corrected chi connectivity index (χ3v) is 3.19. The van der Waals surface area contributed by atoms with E-state index >= 15 is 0 Å². The van der Waals surface area contributed by atoms with Crippen molar-refractivity contribution in [1.82, 2.24) is 0 Å². The maximum absolute atomic E-state index is 11.1. The van der Waals surface area contributed by atoms with Crippen molar-refractivity contribution in [2.45, 2.75) is 6.92 Å². The summed E-state index contributed by atoms with van der Waals surface area (Å²) < 4.78 is 16.0. The second-order valence-electron chi connectivity index (χ2n) is 1.84. The molecule has 2 nitrogen and oxygen atoms in total. The number of halogens is 1. The van der Waals surface area contributed by atoms with Crippen molar-refractivity contribution in [2.24, 2.45) is 0 Å².